The van der Waals surface area contributed by atoms with E-state index in [2.05, 4.69) is 165 Å². The Labute approximate surface area is 330 Å². The molecule has 1 aliphatic heterocycles. The second kappa shape index (κ2) is 13.6. The summed E-state index contributed by atoms with van der Waals surface area (Å²) in [5.41, 5.74) is 11.3. The minimum atomic E-state index is 0.612. The van der Waals surface area contributed by atoms with Crippen LogP contribution in [-0.2, 0) is 0 Å². The normalized spacial score (nSPS) is 12.4. The van der Waals surface area contributed by atoms with E-state index in [0.717, 1.165) is 50.5 Å². The standard InChI is InChI=1S/C51H35N5O/c1-3-13-35(14-4-1)41-21-12-22-42(36-15-5-2-6-16-36)50(41)55-34-54(47-27-24-37-17-7-8-20-43(37)51(47)55)38-18-11-19-39(31-38)57-40-25-26-44-45-33-52-30-28-46(45)56(48(44)32-40)49-23-9-10-29-53-49/h1-33H,34H2. The molecule has 270 valence electrons. The molecular weight excluding hydrogens is 699 g/mol. The molecule has 0 unspecified atom stereocenters. The second-order valence-electron chi connectivity index (χ2n) is 14.3. The number of benzene rings is 7. The zero-order valence-corrected chi connectivity index (χ0v) is 30.9. The fourth-order valence-corrected chi connectivity index (χ4v) is 8.46. The molecule has 0 amide bonds. The fraction of sp³-hybridized carbons (Fsp3) is 0.0196. The molecule has 1 aliphatic rings. The van der Waals surface area contributed by atoms with E-state index in [4.69, 9.17) is 9.72 Å². The Hall–Kier alpha value is -7.70. The molecule has 11 rings (SSSR count). The van der Waals surface area contributed by atoms with Crippen molar-refractivity contribution in [1.82, 2.24) is 14.5 Å². The molecule has 0 N–H and O–H groups in total. The Morgan fingerprint density at radius 1 is 0.474 bits per heavy atom. The number of anilines is 4. The predicted molar refractivity (Wildman–Crippen MR) is 233 cm³/mol. The number of pyridine rings is 2. The summed E-state index contributed by atoms with van der Waals surface area (Å²) in [5.74, 6) is 2.34. The van der Waals surface area contributed by atoms with Crippen LogP contribution in [0.15, 0.2) is 201 Å². The van der Waals surface area contributed by atoms with Gasteiger partial charge < -0.3 is 14.5 Å². The molecular formula is C51H35N5O. The van der Waals surface area contributed by atoms with Crippen molar-refractivity contribution < 1.29 is 4.74 Å². The lowest BCUT2D eigenvalue weighted by Crippen LogP contribution is -2.25. The van der Waals surface area contributed by atoms with E-state index in [-0.39, 0.29) is 0 Å². The van der Waals surface area contributed by atoms with Gasteiger partial charge >= 0.3 is 0 Å². The van der Waals surface area contributed by atoms with Crippen molar-refractivity contribution in [1.29, 1.82) is 0 Å². The van der Waals surface area contributed by atoms with Gasteiger partial charge in [-0.15, -0.1) is 0 Å². The van der Waals surface area contributed by atoms with Gasteiger partial charge in [-0.3, -0.25) is 9.55 Å². The van der Waals surface area contributed by atoms with Gasteiger partial charge in [0.1, 0.15) is 24.0 Å². The SMILES string of the molecule is c1ccc(-c2cccc(-c3ccccc3)c2N2CN(c3cccc(Oc4ccc5c6cnccc6n(-c6ccccn6)c5c4)c3)c3ccc4ccccc4c32)cc1. The molecule has 6 heteroatoms. The van der Waals surface area contributed by atoms with Crippen LogP contribution in [0.3, 0.4) is 0 Å². The first-order valence-corrected chi connectivity index (χ1v) is 19.2. The lowest BCUT2D eigenvalue weighted by molar-refractivity contribution is 0.483. The van der Waals surface area contributed by atoms with E-state index in [9.17, 15) is 0 Å². The first-order chi connectivity index (χ1) is 28.3. The molecule has 3 aromatic heterocycles. The molecule has 0 bridgehead atoms. The van der Waals surface area contributed by atoms with E-state index < -0.39 is 0 Å². The van der Waals surface area contributed by atoms with Crippen LogP contribution in [0, 0.1) is 0 Å². The van der Waals surface area contributed by atoms with Gasteiger partial charge in [0.05, 0.1) is 28.1 Å². The molecule has 0 spiro atoms. The molecule has 4 heterocycles. The Morgan fingerprint density at radius 3 is 2.00 bits per heavy atom. The van der Waals surface area contributed by atoms with Crippen molar-refractivity contribution in [3.05, 3.63) is 201 Å². The van der Waals surface area contributed by atoms with E-state index in [1.54, 1.807) is 0 Å². The van der Waals surface area contributed by atoms with Crippen molar-refractivity contribution in [2.75, 3.05) is 16.5 Å². The summed E-state index contributed by atoms with van der Waals surface area (Å²) in [6.45, 7) is 0.612. The molecule has 0 radical (unpaired) electrons. The van der Waals surface area contributed by atoms with Crippen LogP contribution < -0.4 is 14.5 Å². The highest BCUT2D eigenvalue weighted by Crippen LogP contribution is 2.53. The smallest absolute Gasteiger partial charge is 0.137 e. The summed E-state index contributed by atoms with van der Waals surface area (Å²) in [7, 11) is 0. The third-order valence-electron chi connectivity index (χ3n) is 11.0. The zero-order chi connectivity index (χ0) is 37.7. The van der Waals surface area contributed by atoms with Gasteiger partial charge in [-0.05, 0) is 65.0 Å². The van der Waals surface area contributed by atoms with Crippen LogP contribution in [0.1, 0.15) is 0 Å². The quantitative estimate of drug-likeness (QED) is 0.163. The van der Waals surface area contributed by atoms with Crippen molar-refractivity contribution in [2.45, 2.75) is 0 Å². The Bertz CT molecular complexity index is 3030. The molecule has 0 fully saturated rings. The zero-order valence-electron chi connectivity index (χ0n) is 30.9. The Balaban J connectivity index is 1.03. The van der Waals surface area contributed by atoms with E-state index in [1.807, 2.05) is 55.0 Å². The monoisotopic (exact) mass is 733 g/mol. The van der Waals surface area contributed by atoms with Crippen molar-refractivity contribution in [2.24, 2.45) is 0 Å². The number of hydrogen-bond donors (Lipinski definition) is 0. The van der Waals surface area contributed by atoms with Crippen LogP contribution in [0.5, 0.6) is 11.5 Å². The average Bonchev–Trinajstić information content (AvgIpc) is 3.83. The average molecular weight is 734 g/mol. The Morgan fingerprint density at radius 2 is 1.21 bits per heavy atom. The van der Waals surface area contributed by atoms with Crippen molar-refractivity contribution in [3.8, 4) is 39.6 Å². The second-order valence-corrected chi connectivity index (χ2v) is 14.3. The van der Waals surface area contributed by atoms with Gasteiger partial charge in [0.15, 0.2) is 0 Å². The first kappa shape index (κ1) is 32.7. The maximum Gasteiger partial charge on any atom is 0.137 e. The van der Waals surface area contributed by atoms with Crippen LogP contribution >= 0.6 is 0 Å². The van der Waals surface area contributed by atoms with Crippen LogP contribution in [0.2, 0.25) is 0 Å². The molecule has 0 atom stereocenters. The minimum absolute atomic E-state index is 0.612. The van der Waals surface area contributed by atoms with Gasteiger partial charge in [0.25, 0.3) is 0 Å². The summed E-state index contributed by atoms with van der Waals surface area (Å²) >= 11 is 0. The fourth-order valence-electron chi connectivity index (χ4n) is 8.46. The summed E-state index contributed by atoms with van der Waals surface area (Å²) in [6.07, 6.45) is 5.57. The van der Waals surface area contributed by atoms with Gasteiger partial charge in [-0.1, -0.05) is 121 Å². The topological polar surface area (TPSA) is 46.4 Å². The number of rotatable bonds is 7. The maximum atomic E-state index is 6.71. The number of aromatic nitrogens is 3. The van der Waals surface area contributed by atoms with Gasteiger partial charge in [0.2, 0.25) is 0 Å². The number of ether oxygens (including phenoxy) is 1. The number of nitrogens with zero attached hydrogens (tertiary/aromatic N) is 5. The molecule has 57 heavy (non-hydrogen) atoms. The van der Waals surface area contributed by atoms with Gasteiger partial charge in [0, 0.05) is 63.7 Å². The summed E-state index contributed by atoms with van der Waals surface area (Å²) in [5, 5.41) is 4.57. The third kappa shape index (κ3) is 5.57. The van der Waals surface area contributed by atoms with E-state index >= 15 is 0 Å². The van der Waals surface area contributed by atoms with Crippen LogP contribution in [-0.4, -0.2) is 21.2 Å². The van der Waals surface area contributed by atoms with Crippen LogP contribution in [0.4, 0.5) is 22.7 Å². The minimum Gasteiger partial charge on any atom is -0.457 e. The highest BCUT2D eigenvalue weighted by Gasteiger charge is 2.33. The number of para-hydroxylation sites is 1. The van der Waals surface area contributed by atoms with Crippen LogP contribution in [0.25, 0.3) is 60.6 Å². The largest absolute Gasteiger partial charge is 0.457 e. The summed E-state index contributed by atoms with van der Waals surface area (Å²) in [4.78, 5) is 14.0. The molecule has 7 aromatic carbocycles. The van der Waals surface area contributed by atoms with E-state index in [1.165, 1.54) is 44.4 Å². The predicted octanol–water partition coefficient (Wildman–Crippen LogP) is 13.1. The molecule has 0 saturated heterocycles. The molecule has 0 aliphatic carbocycles. The summed E-state index contributed by atoms with van der Waals surface area (Å²) in [6, 6.07) is 64.0. The maximum absolute atomic E-state index is 6.71. The first-order valence-electron chi connectivity index (χ1n) is 19.2. The highest BCUT2D eigenvalue weighted by molar-refractivity contribution is 6.10. The number of fused-ring (bicyclic) bond motifs is 6. The lowest BCUT2D eigenvalue weighted by atomic mass is 9.94. The molecule has 10 aromatic rings. The van der Waals surface area contributed by atoms with Crippen molar-refractivity contribution in [3.63, 3.8) is 0 Å². The summed E-state index contributed by atoms with van der Waals surface area (Å²) < 4.78 is 8.88. The van der Waals surface area contributed by atoms with Gasteiger partial charge in [-0.25, -0.2) is 4.98 Å². The third-order valence-corrected chi connectivity index (χ3v) is 11.0. The molecule has 6 nitrogen and oxygen atoms in total. The lowest BCUT2D eigenvalue weighted by Gasteiger charge is -2.27. The van der Waals surface area contributed by atoms with Gasteiger partial charge in [-0.2, -0.15) is 0 Å². The van der Waals surface area contributed by atoms with E-state index in [0.29, 0.717) is 6.67 Å². The highest BCUT2D eigenvalue weighted by atomic mass is 16.5. The Kier molecular flexibility index (Phi) is 7.78. The number of hydrogen-bond acceptors (Lipinski definition) is 5. The molecule has 0 saturated carbocycles. The van der Waals surface area contributed by atoms with Crippen molar-refractivity contribution >= 4 is 55.3 Å².